The Kier molecular flexibility index (Phi) is 7.25. The second-order valence-corrected chi connectivity index (χ2v) is 5.99. The molecule has 0 bridgehead atoms. The molecule has 0 heterocycles. The Hall–Kier alpha value is -0.0800. The number of hydrogen-bond donors (Lipinski definition) is 1. The molecule has 0 aliphatic carbocycles. The molecule has 0 aromatic carbocycles. The molecule has 0 saturated heterocycles. The summed E-state index contributed by atoms with van der Waals surface area (Å²) in [4.78, 5) is 2.57. The van der Waals surface area contributed by atoms with Crippen LogP contribution in [0.5, 0.6) is 0 Å². The van der Waals surface area contributed by atoms with E-state index in [1.165, 1.54) is 13.1 Å². The van der Waals surface area contributed by atoms with Crippen LogP contribution in [0.15, 0.2) is 0 Å². The van der Waals surface area contributed by atoms with Crippen molar-refractivity contribution >= 4 is 0 Å². The second-order valence-electron chi connectivity index (χ2n) is 5.99. The average Bonchev–Trinajstić information content (AvgIpc) is 2.16. The Morgan fingerprint density at radius 2 is 1.69 bits per heavy atom. The molecule has 2 heteroatoms. The van der Waals surface area contributed by atoms with Gasteiger partial charge in [-0.15, -0.1) is 0 Å². The van der Waals surface area contributed by atoms with E-state index >= 15 is 0 Å². The van der Waals surface area contributed by atoms with Crippen molar-refractivity contribution in [2.75, 3.05) is 26.2 Å². The van der Waals surface area contributed by atoms with E-state index in [1.54, 1.807) is 0 Å². The lowest BCUT2D eigenvalue weighted by Crippen LogP contribution is -2.47. The van der Waals surface area contributed by atoms with Crippen LogP contribution in [0.4, 0.5) is 0 Å². The van der Waals surface area contributed by atoms with Crippen LogP contribution in [0, 0.1) is 11.3 Å². The standard InChI is InChI=1S/C14H32N2/c1-8-15-13(5)14(6,7)11-16(9-2)10-12(3)4/h12-13,15H,8-11H2,1-7H3. The SMILES string of the molecule is CCNC(C)C(C)(C)CN(CC)CC(C)C. The van der Waals surface area contributed by atoms with E-state index in [0.717, 1.165) is 19.0 Å². The largest absolute Gasteiger partial charge is 0.314 e. The fourth-order valence-electron chi connectivity index (χ4n) is 2.12. The van der Waals surface area contributed by atoms with Gasteiger partial charge < -0.3 is 10.2 Å². The molecule has 0 spiro atoms. The van der Waals surface area contributed by atoms with Crippen LogP contribution in [0.3, 0.4) is 0 Å². The summed E-state index contributed by atoms with van der Waals surface area (Å²) in [5.41, 5.74) is 0.334. The van der Waals surface area contributed by atoms with Gasteiger partial charge in [-0.2, -0.15) is 0 Å². The number of nitrogens with zero attached hydrogens (tertiary/aromatic N) is 1. The summed E-state index contributed by atoms with van der Waals surface area (Å²) in [6, 6.07) is 0.568. The molecule has 1 unspecified atom stereocenters. The normalized spacial score (nSPS) is 14.8. The minimum atomic E-state index is 0.334. The third-order valence-corrected chi connectivity index (χ3v) is 3.38. The van der Waals surface area contributed by atoms with E-state index in [4.69, 9.17) is 0 Å². The van der Waals surface area contributed by atoms with E-state index in [9.17, 15) is 0 Å². The molecule has 0 aromatic heterocycles. The summed E-state index contributed by atoms with van der Waals surface area (Å²) in [5.74, 6) is 0.755. The van der Waals surface area contributed by atoms with Crippen molar-refractivity contribution in [1.29, 1.82) is 0 Å². The van der Waals surface area contributed by atoms with Gasteiger partial charge in [0.05, 0.1) is 0 Å². The first kappa shape index (κ1) is 15.9. The molecule has 0 fully saturated rings. The van der Waals surface area contributed by atoms with Gasteiger partial charge in [0.2, 0.25) is 0 Å². The maximum Gasteiger partial charge on any atom is 0.0102 e. The third kappa shape index (κ3) is 5.86. The van der Waals surface area contributed by atoms with Crippen molar-refractivity contribution in [2.24, 2.45) is 11.3 Å². The average molecular weight is 228 g/mol. The fraction of sp³-hybridized carbons (Fsp3) is 1.00. The molecule has 0 aliphatic heterocycles. The van der Waals surface area contributed by atoms with Gasteiger partial charge in [-0.3, -0.25) is 0 Å². The van der Waals surface area contributed by atoms with Crippen molar-refractivity contribution in [3.8, 4) is 0 Å². The molecule has 16 heavy (non-hydrogen) atoms. The molecular formula is C14H32N2. The van der Waals surface area contributed by atoms with Crippen LogP contribution in [0.1, 0.15) is 48.5 Å². The van der Waals surface area contributed by atoms with E-state index < -0.39 is 0 Å². The Balaban J connectivity index is 4.29. The van der Waals surface area contributed by atoms with Gasteiger partial charge in [0, 0.05) is 19.1 Å². The van der Waals surface area contributed by atoms with Gasteiger partial charge in [0.15, 0.2) is 0 Å². The molecule has 1 N–H and O–H groups in total. The lowest BCUT2D eigenvalue weighted by Gasteiger charge is -2.37. The van der Waals surface area contributed by atoms with E-state index in [1.807, 2.05) is 0 Å². The Labute approximate surface area is 103 Å². The molecule has 0 rings (SSSR count). The highest BCUT2D eigenvalue weighted by atomic mass is 15.1. The number of nitrogens with one attached hydrogen (secondary N) is 1. The highest BCUT2D eigenvalue weighted by Gasteiger charge is 2.27. The molecule has 0 aliphatic rings. The predicted molar refractivity (Wildman–Crippen MR) is 73.9 cm³/mol. The zero-order chi connectivity index (χ0) is 12.8. The maximum atomic E-state index is 3.54. The molecule has 0 amide bonds. The third-order valence-electron chi connectivity index (χ3n) is 3.38. The molecule has 0 aromatic rings. The Morgan fingerprint density at radius 1 is 1.12 bits per heavy atom. The quantitative estimate of drug-likeness (QED) is 0.687. The van der Waals surface area contributed by atoms with E-state index in [-0.39, 0.29) is 0 Å². The van der Waals surface area contributed by atoms with Crippen molar-refractivity contribution in [2.45, 2.75) is 54.5 Å². The van der Waals surface area contributed by atoms with Gasteiger partial charge in [0.25, 0.3) is 0 Å². The smallest absolute Gasteiger partial charge is 0.0102 e. The van der Waals surface area contributed by atoms with Crippen molar-refractivity contribution in [1.82, 2.24) is 10.2 Å². The van der Waals surface area contributed by atoms with Crippen LogP contribution >= 0.6 is 0 Å². The van der Waals surface area contributed by atoms with Gasteiger partial charge in [-0.1, -0.05) is 41.5 Å². The summed E-state index contributed by atoms with van der Waals surface area (Å²) in [7, 11) is 0. The second kappa shape index (κ2) is 7.29. The first-order valence-corrected chi connectivity index (χ1v) is 6.79. The first-order valence-electron chi connectivity index (χ1n) is 6.79. The summed E-state index contributed by atoms with van der Waals surface area (Å²) in [6.45, 7) is 20.6. The number of hydrogen-bond acceptors (Lipinski definition) is 2. The summed E-state index contributed by atoms with van der Waals surface area (Å²) < 4.78 is 0. The van der Waals surface area contributed by atoms with Crippen LogP contribution in [-0.4, -0.2) is 37.1 Å². The summed E-state index contributed by atoms with van der Waals surface area (Å²) in [5, 5.41) is 3.54. The topological polar surface area (TPSA) is 15.3 Å². The van der Waals surface area contributed by atoms with Gasteiger partial charge in [-0.25, -0.2) is 0 Å². The molecule has 0 radical (unpaired) electrons. The zero-order valence-electron chi connectivity index (χ0n) is 12.4. The van der Waals surface area contributed by atoms with E-state index in [0.29, 0.717) is 11.5 Å². The Bertz CT molecular complexity index is 176. The highest BCUT2D eigenvalue weighted by molar-refractivity contribution is 4.83. The summed E-state index contributed by atoms with van der Waals surface area (Å²) >= 11 is 0. The zero-order valence-corrected chi connectivity index (χ0v) is 12.4. The van der Waals surface area contributed by atoms with Crippen molar-refractivity contribution < 1.29 is 0 Å². The van der Waals surface area contributed by atoms with Crippen LogP contribution in [0.2, 0.25) is 0 Å². The lowest BCUT2D eigenvalue weighted by molar-refractivity contribution is 0.137. The number of rotatable bonds is 8. The van der Waals surface area contributed by atoms with Crippen LogP contribution in [0.25, 0.3) is 0 Å². The molecular weight excluding hydrogens is 196 g/mol. The highest BCUT2D eigenvalue weighted by Crippen LogP contribution is 2.22. The Morgan fingerprint density at radius 3 is 2.06 bits per heavy atom. The minimum absolute atomic E-state index is 0.334. The monoisotopic (exact) mass is 228 g/mol. The molecule has 1 atom stereocenters. The lowest BCUT2D eigenvalue weighted by atomic mass is 9.84. The van der Waals surface area contributed by atoms with Gasteiger partial charge in [0.1, 0.15) is 0 Å². The first-order chi connectivity index (χ1) is 7.33. The molecule has 0 saturated carbocycles. The van der Waals surface area contributed by atoms with Gasteiger partial charge >= 0.3 is 0 Å². The van der Waals surface area contributed by atoms with Crippen LogP contribution in [-0.2, 0) is 0 Å². The molecule has 98 valence electrons. The van der Waals surface area contributed by atoms with Crippen molar-refractivity contribution in [3.63, 3.8) is 0 Å². The molecule has 2 nitrogen and oxygen atoms in total. The van der Waals surface area contributed by atoms with E-state index in [2.05, 4.69) is 58.7 Å². The fourth-order valence-corrected chi connectivity index (χ4v) is 2.12. The predicted octanol–water partition coefficient (Wildman–Crippen LogP) is 2.99. The minimum Gasteiger partial charge on any atom is -0.314 e. The summed E-state index contributed by atoms with van der Waals surface area (Å²) in [6.07, 6.45) is 0. The maximum absolute atomic E-state index is 3.54. The van der Waals surface area contributed by atoms with Gasteiger partial charge in [-0.05, 0) is 31.3 Å². The van der Waals surface area contributed by atoms with Crippen molar-refractivity contribution in [3.05, 3.63) is 0 Å². The van der Waals surface area contributed by atoms with Crippen LogP contribution < -0.4 is 5.32 Å².